The van der Waals surface area contributed by atoms with Crippen LogP contribution in [0.5, 0.6) is 0 Å². The zero-order valence-corrected chi connectivity index (χ0v) is 10.4. The van der Waals surface area contributed by atoms with Crippen LogP contribution in [0.1, 0.15) is 25.7 Å². The molecule has 1 nitrogen and oxygen atoms in total. The Hall–Kier alpha value is -0.243. The Bertz CT molecular complexity index is 127. The highest BCUT2D eigenvalue weighted by Gasteiger charge is 2.11. The van der Waals surface area contributed by atoms with Gasteiger partial charge in [-0.25, -0.2) is 0 Å². The van der Waals surface area contributed by atoms with Crippen molar-refractivity contribution in [3.05, 3.63) is 12.8 Å². The SMILES string of the molecule is C=COCCCCCC[Si](C)(C)C. The van der Waals surface area contributed by atoms with Gasteiger partial charge in [-0.15, -0.1) is 0 Å². The average Bonchev–Trinajstić information content (AvgIpc) is 2.01. The average molecular weight is 200 g/mol. The highest BCUT2D eigenvalue weighted by atomic mass is 28.3. The molecule has 13 heavy (non-hydrogen) atoms. The molecule has 0 aromatic heterocycles. The molecule has 0 aliphatic heterocycles. The predicted molar refractivity (Wildman–Crippen MR) is 62.8 cm³/mol. The van der Waals surface area contributed by atoms with Crippen molar-refractivity contribution in [3.63, 3.8) is 0 Å². The number of hydrogen-bond acceptors (Lipinski definition) is 1. The highest BCUT2D eigenvalue weighted by molar-refractivity contribution is 6.76. The van der Waals surface area contributed by atoms with E-state index in [1.807, 2.05) is 0 Å². The number of hydrogen-bond donors (Lipinski definition) is 0. The molecule has 78 valence electrons. The fourth-order valence-corrected chi connectivity index (χ4v) is 2.59. The summed E-state index contributed by atoms with van der Waals surface area (Å²) in [5.74, 6) is 0. The molecule has 0 fully saturated rings. The maximum absolute atomic E-state index is 5.05. The van der Waals surface area contributed by atoms with Gasteiger partial charge in [0.15, 0.2) is 0 Å². The van der Waals surface area contributed by atoms with Crippen molar-refractivity contribution in [3.8, 4) is 0 Å². The van der Waals surface area contributed by atoms with Gasteiger partial charge in [0.05, 0.1) is 12.9 Å². The Labute approximate surface area is 84.2 Å². The second-order valence-electron chi connectivity index (χ2n) is 4.76. The molecule has 0 aliphatic carbocycles. The minimum atomic E-state index is -0.780. The summed E-state index contributed by atoms with van der Waals surface area (Å²) in [7, 11) is -0.780. The van der Waals surface area contributed by atoms with Gasteiger partial charge in [-0.05, 0) is 6.42 Å². The van der Waals surface area contributed by atoms with E-state index in [1.165, 1.54) is 38.0 Å². The van der Waals surface area contributed by atoms with Gasteiger partial charge in [0.1, 0.15) is 0 Å². The van der Waals surface area contributed by atoms with Crippen LogP contribution in [0, 0.1) is 0 Å². The summed E-state index contributed by atoms with van der Waals surface area (Å²) in [6.07, 6.45) is 6.78. The summed E-state index contributed by atoms with van der Waals surface area (Å²) in [5, 5.41) is 0. The zero-order valence-electron chi connectivity index (χ0n) is 9.44. The molecule has 0 radical (unpaired) electrons. The summed E-state index contributed by atoms with van der Waals surface area (Å²) in [4.78, 5) is 0. The first-order valence-corrected chi connectivity index (χ1v) is 8.99. The van der Waals surface area contributed by atoms with Crippen LogP contribution in [0.4, 0.5) is 0 Å². The molecule has 0 rings (SSSR count). The lowest BCUT2D eigenvalue weighted by Crippen LogP contribution is -2.18. The lowest BCUT2D eigenvalue weighted by molar-refractivity contribution is 0.242. The van der Waals surface area contributed by atoms with Crippen molar-refractivity contribution in [2.24, 2.45) is 0 Å². The van der Waals surface area contributed by atoms with Crippen LogP contribution in [0.2, 0.25) is 25.7 Å². The molecule has 2 heteroatoms. The van der Waals surface area contributed by atoms with E-state index >= 15 is 0 Å². The first-order valence-electron chi connectivity index (χ1n) is 5.29. The molecule has 0 bridgehead atoms. The minimum absolute atomic E-state index is 0.780. The molecule has 0 aliphatic rings. The molecule has 0 N–H and O–H groups in total. The van der Waals surface area contributed by atoms with Crippen molar-refractivity contribution >= 4 is 8.07 Å². The van der Waals surface area contributed by atoms with Gasteiger partial charge in [-0.3, -0.25) is 0 Å². The molecule has 0 unspecified atom stereocenters. The van der Waals surface area contributed by atoms with Gasteiger partial charge in [-0.1, -0.05) is 51.5 Å². The summed E-state index contributed by atoms with van der Waals surface area (Å²) >= 11 is 0. The quantitative estimate of drug-likeness (QED) is 0.326. The van der Waals surface area contributed by atoms with Gasteiger partial charge in [-0.2, -0.15) is 0 Å². The van der Waals surface area contributed by atoms with Crippen molar-refractivity contribution in [1.82, 2.24) is 0 Å². The van der Waals surface area contributed by atoms with Gasteiger partial charge < -0.3 is 4.74 Å². The Balaban J connectivity index is 3.04. The first-order chi connectivity index (χ1) is 6.06. The zero-order chi connectivity index (χ0) is 10.2. The normalized spacial score (nSPS) is 11.3. The summed E-state index contributed by atoms with van der Waals surface area (Å²) < 4.78 is 5.05. The number of ether oxygens (including phenoxy) is 1. The standard InChI is InChI=1S/C11H24OSi/c1-5-12-10-8-6-7-9-11-13(2,3)4/h5H,1,6-11H2,2-4H3. The van der Waals surface area contributed by atoms with E-state index in [4.69, 9.17) is 4.74 Å². The minimum Gasteiger partial charge on any atom is -0.502 e. The summed E-state index contributed by atoms with van der Waals surface area (Å²) in [6.45, 7) is 11.7. The van der Waals surface area contributed by atoms with Crippen LogP contribution < -0.4 is 0 Å². The van der Waals surface area contributed by atoms with E-state index in [2.05, 4.69) is 26.2 Å². The van der Waals surface area contributed by atoms with E-state index in [1.54, 1.807) is 0 Å². The van der Waals surface area contributed by atoms with Gasteiger partial charge in [0.25, 0.3) is 0 Å². The van der Waals surface area contributed by atoms with Crippen LogP contribution >= 0.6 is 0 Å². The van der Waals surface area contributed by atoms with Crippen molar-refractivity contribution in [1.29, 1.82) is 0 Å². The Kier molecular flexibility index (Phi) is 7.05. The summed E-state index contributed by atoms with van der Waals surface area (Å²) in [5.41, 5.74) is 0. The van der Waals surface area contributed by atoms with Gasteiger partial charge in [0, 0.05) is 8.07 Å². The molecule has 0 aromatic rings. The second-order valence-corrected chi connectivity index (χ2v) is 10.4. The largest absolute Gasteiger partial charge is 0.502 e. The van der Waals surface area contributed by atoms with Crippen molar-refractivity contribution in [2.75, 3.05) is 6.61 Å². The molecule has 0 saturated heterocycles. The fraction of sp³-hybridized carbons (Fsp3) is 0.818. The monoisotopic (exact) mass is 200 g/mol. The van der Waals surface area contributed by atoms with Gasteiger partial charge >= 0.3 is 0 Å². The van der Waals surface area contributed by atoms with E-state index in [9.17, 15) is 0 Å². The Morgan fingerprint density at radius 3 is 2.23 bits per heavy atom. The molecular weight excluding hydrogens is 176 g/mol. The third kappa shape index (κ3) is 11.8. The highest BCUT2D eigenvalue weighted by Crippen LogP contribution is 2.14. The molecule has 0 atom stereocenters. The summed E-state index contributed by atoms with van der Waals surface area (Å²) in [6, 6.07) is 1.47. The molecule has 0 amide bonds. The predicted octanol–water partition coefficient (Wildman–Crippen LogP) is 4.05. The molecule has 0 aromatic carbocycles. The molecule has 0 saturated carbocycles. The smallest absolute Gasteiger partial charge is 0.0873 e. The molecule has 0 spiro atoms. The maximum Gasteiger partial charge on any atom is 0.0873 e. The lowest BCUT2D eigenvalue weighted by atomic mass is 10.2. The second kappa shape index (κ2) is 7.19. The molecular formula is C11H24OSi. The number of rotatable bonds is 8. The lowest BCUT2D eigenvalue weighted by Gasteiger charge is -2.14. The van der Waals surface area contributed by atoms with Crippen LogP contribution in [-0.2, 0) is 4.74 Å². The van der Waals surface area contributed by atoms with E-state index in [-0.39, 0.29) is 0 Å². The first kappa shape index (κ1) is 12.8. The Morgan fingerprint density at radius 2 is 1.69 bits per heavy atom. The van der Waals surface area contributed by atoms with E-state index in [0.717, 1.165) is 6.61 Å². The fourth-order valence-electron chi connectivity index (χ4n) is 1.28. The van der Waals surface area contributed by atoms with E-state index in [0.29, 0.717) is 0 Å². The van der Waals surface area contributed by atoms with E-state index < -0.39 is 8.07 Å². The topological polar surface area (TPSA) is 9.23 Å². The van der Waals surface area contributed by atoms with Crippen molar-refractivity contribution in [2.45, 2.75) is 51.4 Å². The van der Waals surface area contributed by atoms with Crippen molar-refractivity contribution < 1.29 is 4.74 Å². The van der Waals surface area contributed by atoms with Crippen LogP contribution in [-0.4, -0.2) is 14.7 Å². The number of unbranched alkanes of at least 4 members (excludes halogenated alkanes) is 3. The maximum atomic E-state index is 5.05. The third-order valence-corrected chi connectivity index (χ3v) is 3.91. The molecule has 0 heterocycles. The van der Waals surface area contributed by atoms with Crippen LogP contribution in [0.25, 0.3) is 0 Å². The third-order valence-electron chi connectivity index (χ3n) is 2.06. The van der Waals surface area contributed by atoms with Crippen LogP contribution in [0.3, 0.4) is 0 Å². The van der Waals surface area contributed by atoms with Gasteiger partial charge in [0.2, 0.25) is 0 Å². The Morgan fingerprint density at radius 1 is 1.08 bits per heavy atom. The van der Waals surface area contributed by atoms with Crippen LogP contribution in [0.15, 0.2) is 12.8 Å².